The van der Waals surface area contributed by atoms with Crippen LogP contribution in [-0.4, -0.2) is 19.5 Å². The molecule has 266 valence electrons. The van der Waals surface area contributed by atoms with Gasteiger partial charge in [0.2, 0.25) is 0 Å². The van der Waals surface area contributed by atoms with Crippen LogP contribution in [0.1, 0.15) is 8.22 Å². The van der Waals surface area contributed by atoms with Crippen LogP contribution in [-0.2, 0) is 0 Å². The number of nitrogens with zero attached hydrogens (tertiary/aromatic N) is 4. The van der Waals surface area contributed by atoms with Crippen LogP contribution in [0.25, 0.3) is 115 Å². The first-order chi connectivity index (χ1) is 30.7. The first-order valence-electron chi connectivity index (χ1n) is 21.5. The lowest BCUT2D eigenvalue weighted by Gasteiger charge is -2.17. The normalized spacial score (nSPS) is 13.3. The molecule has 5 nitrogen and oxygen atoms in total. The van der Waals surface area contributed by atoms with Crippen LogP contribution in [0.4, 0.5) is 0 Å². The summed E-state index contributed by atoms with van der Waals surface area (Å²) in [6.45, 7) is 0. The van der Waals surface area contributed by atoms with Gasteiger partial charge in [-0.1, -0.05) is 145 Å². The fourth-order valence-corrected chi connectivity index (χ4v) is 9.17. The van der Waals surface area contributed by atoms with Gasteiger partial charge in [-0.15, -0.1) is 11.3 Å². The van der Waals surface area contributed by atoms with E-state index in [1.54, 1.807) is 0 Å². The van der Waals surface area contributed by atoms with Crippen molar-refractivity contribution < 1.29 is 12.6 Å². The number of hydrogen-bond acceptors (Lipinski definition) is 5. The molecular formula is C51H30N4OS. The van der Waals surface area contributed by atoms with E-state index < -0.39 is 0 Å². The summed E-state index contributed by atoms with van der Waals surface area (Å²) in [7, 11) is 0. The van der Waals surface area contributed by atoms with Crippen molar-refractivity contribution in [2.24, 2.45) is 0 Å². The minimum absolute atomic E-state index is 0.0618. The van der Waals surface area contributed by atoms with Crippen LogP contribution in [0.3, 0.4) is 0 Å². The van der Waals surface area contributed by atoms with Crippen LogP contribution >= 0.6 is 11.3 Å². The van der Waals surface area contributed by atoms with Gasteiger partial charge in [-0.2, -0.15) is 0 Å². The Balaban J connectivity index is 1.18. The third-order valence-corrected chi connectivity index (χ3v) is 11.8. The summed E-state index contributed by atoms with van der Waals surface area (Å²) in [6.07, 6.45) is 0. The van der Waals surface area contributed by atoms with E-state index in [0.29, 0.717) is 65.8 Å². The first kappa shape index (κ1) is 26.4. The highest BCUT2D eigenvalue weighted by Crippen LogP contribution is 2.44. The molecule has 0 unspecified atom stereocenters. The second-order valence-corrected chi connectivity index (χ2v) is 14.9. The highest BCUT2D eigenvalue weighted by atomic mass is 32.1. The number of furan rings is 1. The smallest absolute Gasteiger partial charge is 0.167 e. The summed E-state index contributed by atoms with van der Waals surface area (Å²) >= 11 is 1.22. The van der Waals surface area contributed by atoms with Crippen LogP contribution in [0, 0.1) is 0 Å². The van der Waals surface area contributed by atoms with Crippen molar-refractivity contribution in [3.63, 3.8) is 0 Å². The van der Waals surface area contributed by atoms with Crippen molar-refractivity contribution >= 4 is 75.3 Å². The molecule has 4 heterocycles. The highest BCUT2D eigenvalue weighted by molar-refractivity contribution is 7.26. The quantitative estimate of drug-likeness (QED) is 0.176. The molecule has 0 atom stereocenters. The average molecular weight is 753 g/mol. The second kappa shape index (κ2) is 12.6. The molecule has 0 fully saturated rings. The molecule has 8 aromatic carbocycles. The number of thiophene rings is 1. The molecule has 12 aromatic rings. The minimum Gasteiger partial charge on any atom is -0.455 e. The zero-order valence-corrected chi connectivity index (χ0v) is 30.8. The summed E-state index contributed by atoms with van der Waals surface area (Å²) < 4.78 is 63.5. The van der Waals surface area contributed by atoms with E-state index in [9.17, 15) is 1.37 Å². The summed E-state index contributed by atoms with van der Waals surface area (Å²) in [5.74, 6) is 1.31. The van der Waals surface area contributed by atoms with Gasteiger partial charge in [-0.3, -0.25) is 0 Å². The molecule has 0 N–H and O–H groups in total. The molecule has 0 aliphatic rings. The molecule has 0 amide bonds. The number of hydrogen-bond donors (Lipinski definition) is 0. The molecule has 0 saturated carbocycles. The Morgan fingerprint density at radius 3 is 1.98 bits per heavy atom. The molecule has 0 saturated heterocycles. The Hall–Kier alpha value is -7.41. The fraction of sp³-hybridized carbons (Fsp3) is 0. The summed E-state index contributed by atoms with van der Waals surface area (Å²) in [5.41, 5.74) is 7.13. The van der Waals surface area contributed by atoms with Gasteiger partial charge < -0.3 is 8.98 Å². The van der Waals surface area contributed by atoms with Crippen molar-refractivity contribution in [3.05, 3.63) is 182 Å². The lowest BCUT2D eigenvalue weighted by atomic mass is 9.98. The predicted octanol–water partition coefficient (Wildman–Crippen LogP) is 13.9. The molecular weight excluding hydrogens is 717 g/mol. The van der Waals surface area contributed by atoms with E-state index in [1.165, 1.54) is 17.4 Å². The van der Waals surface area contributed by atoms with Gasteiger partial charge in [0.1, 0.15) is 11.2 Å². The van der Waals surface area contributed by atoms with Crippen molar-refractivity contribution in [2.75, 3.05) is 0 Å². The van der Waals surface area contributed by atoms with Crippen LogP contribution in [0.2, 0.25) is 0 Å². The second-order valence-electron chi connectivity index (χ2n) is 13.9. The number of aromatic nitrogens is 4. The number of fused-ring (bicyclic) bond motifs is 9. The van der Waals surface area contributed by atoms with Crippen molar-refractivity contribution in [2.45, 2.75) is 0 Å². The molecule has 0 radical (unpaired) electrons. The van der Waals surface area contributed by atoms with Gasteiger partial charge in [0.25, 0.3) is 0 Å². The highest BCUT2D eigenvalue weighted by Gasteiger charge is 2.22. The topological polar surface area (TPSA) is 56.7 Å². The molecule has 6 heteroatoms. The number of benzene rings is 8. The van der Waals surface area contributed by atoms with E-state index >= 15 is 0 Å². The Labute approximate surface area is 339 Å². The van der Waals surface area contributed by atoms with Gasteiger partial charge in [0, 0.05) is 64.0 Å². The van der Waals surface area contributed by atoms with E-state index in [4.69, 9.17) is 26.2 Å². The maximum atomic E-state index is 9.51. The SMILES string of the molecule is [2H]c1cc([2H])c2sc3c(-c4ccc(-c5nc(-c6ccccc6)nc(-c6cccc7c6oc6ccccc67)n5)cc4-n4c5ccccc5c5ccccc54)c([2H])c([2H])c([2H])c3c2c1[2H]. The largest absolute Gasteiger partial charge is 0.455 e. The van der Waals surface area contributed by atoms with Crippen molar-refractivity contribution in [1.82, 2.24) is 19.5 Å². The van der Waals surface area contributed by atoms with Gasteiger partial charge >= 0.3 is 0 Å². The maximum Gasteiger partial charge on any atom is 0.167 e. The predicted molar refractivity (Wildman–Crippen MR) is 236 cm³/mol. The third-order valence-electron chi connectivity index (χ3n) is 10.6. The molecule has 57 heavy (non-hydrogen) atoms. The molecule has 0 spiro atoms. The van der Waals surface area contributed by atoms with Crippen LogP contribution in [0.5, 0.6) is 0 Å². The van der Waals surface area contributed by atoms with E-state index in [1.807, 2.05) is 115 Å². The van der Waals surface area contributed by atoms with Crippen LogP contribution in [0.15, 0.2) is 186 Å². The third kappa shape index (κ3) is 4.98. The zero-order chi connectivity index (χ0) is 42.7. The van der Waals surface area contributed by atoms with Gasteiger partial charge in [-0.05, 0) is 36.4 Å². The monoisotopic (exact) mass is 752 g/mol. The Morgan fingerprint density at radius 1 is 0.474 bits per heavy atom. The van der Waals surface area contributed by atoms with E-state index in [2.05, 4.69) is 28.8 Å². The molecule has 0 bridgehead atoms. The zero-order valence-electron chi connectivity index (χ0n) is 36.0. The van der Waals surface area contributed by atoms with E-state index in [0.717, 1.165) is 43.7 Å². The molecule has 0 aliphatic heterocycles. The fourth-order valence-electron chi connectivity index (χ4n) is 8.07. The van der Waals surface area contributed by atoms with E-state index in [-0.39, 0.29) is 41.6 Å². The average Bonchev–Trinajstić information content (AvgIpc) is 4.01. The Kier molecular flexibility index (Phi) is 5.82. The maximum absolute atomic E-state index is 9.51. The number of para-hydroxylation sites is 4. The Bertz CT molecular complexity index is 3840. The van der Waals surface area contributed by atoms with Gasteiger partial charge in [0.15, 0.2) is 17.5 Å². The molecule has 12 rings (SSSR count). The minimum atomic E-state index is -0.301. The van der Waals surface area contributed by atoms with Gasteiger partial charge in [0.05, 0.1) is 30.5 Å². The first-order valence-corrected chi connectivity index (χ1v) is 19.3. The van der Waals surface area contributed by atoms with Gasteiger partial charge in [-0.25, -0.2) is 15.0 Å². The number of rotatable bonds is 5. The molecule has 0 aliphatic carbocycles. The lowest BCUT2D eigenvalue weighted by Crippen LogP contribution is -2.02. The summed E-state index contributed by atoms with van der Waals surface area (Å²) in [5, 5.41) is 4.58. The molecule has 4 aromatic heterocycles. The summed E-state index contributed by atoms with van der Waals surface area (Å²) in [6, 6.07) is 46.3. The van der Waals surface area contributed by atoms with Crippen molar-refractivity contribution in [3.8, 4) is 51.0 Å². The standard InChI is InChI=1S/C51H30N4OS/c1-2-14-31(15-3-1)49-52-50(54-51(53-49)41-23-12-20-38-36-18-6-10-26-45(36)56-47(38)41)32-28-29-35(39-21-13-22-40-37-19-7-11-27-46(37)57-48(39)40)44(30-32)55-42-24-8-4-16-33(42)34-17-5-9-25-43(34)55/h1-30H/i7D,13D,19D,21D,22D,27D. The lowest BCUT2D eigenvalue weighted by molar-refractivity contribution is 0.669. The Morgan fingerprint density at radius 2 is 1.16 bits per heavy atom. The van der Waals surface area contributed by atoms with Crippen LogP contribution < -0.4 is 0 Å². The summed E-state index contributed by atoms with van der Waals surface area (Å²) in [4.78, 5) is 15.3. The van der Waals surface area contributed by atoms with Crippen molar-refractivity contribution in [1.29, 1.82) is 0 Å².